The molecule has 2 atom stereocenters. The summed E-state index contributed by atoms with van der Waals surface area (Å²) in [6, 6.07) is 8.05. The van der Waals surface area contributed by atoms with Gasteiger partial charge in [-0.1, -0.05) is 19.1 Å². The molecule has 0 aromatic heterocycles. The van der Waals surface area contributed by atoms with Gasteiger partial charge >= 0.3 is 0 Å². The average Bonchev–Trinajstić information content (AvgIpc) is 2.83. The van der Waals surface area contributed by atoms with Crippen LogP contribution in [-0.2, 0) is 11.2 Å². The number of amides is 1. The topological polar surface area (TPSA) is 55.6 Å². The van der Waals surface area contributed by atoms with Gasteiger partial charge in [0.15, 0.2) is 0 Å². The molecule has 2 N–H and O–H groups in total. The van der Waals surface area contributed by atoms with Crippen LogP contribution in [0.15, 0.2) is 24.3 Å². The summed E-state index contributed by atoms with van der Waals surface area (Å²) in [6.07, 6.45) is 1.86. The number of nitrogens with zero attached hydrogens (tertiary/aromatic N) is 1. The normalized spacial score (nSPS) is 23.5. The van der Waals surface area contributed by atoms with E-state index in [0.29, 0.717) is 5.92 Å². The molecule has 0 unspecified atom stereocenters. The van der Waals surface area contributed by atoms with Gasteiger partial charge in [0, 0.05) is 6.54 Å². The molecule has 2 rings (SSSR count). The van der Waals surface area contributed by atoms with Crippen molar-refractivity contribution in [1.29, 1.82) is 0 Å². The molecule has 4 heteroatoms. The zero-order valence-corrected chi connectivity index (χ0v) is 11.6. The largest absolute Gasteiger partial charge is 0.497 e. The first-order valence-electron chi connectivity index (χ1n) is 6.80. The fourth-order valence-electron chi connectivity index (χ4n) is 2.89. The zero-order chi connectivity index (χ0) is 13.8. The summed E-state index contributed by atoms with van der Waals surface area (Å²) in [6.45, 7) is 3.91. The monoisotopic (exact) mass is 262 g/mol. The third-order valence-electron chi connectivity index (χ3n) is 3.91. The van der Waals surface area contributed by atoms with Crippen molar-refractivity contribution in [3.63, 3.8) is 0 Å². The van der Waals surface area contributed by atoms with Crippen molar-refractivity contribution in [2.24, 2.45) is 11.7 Å². The Labute approximate surface area is 114 Å². The number of benzene rings is 1. The van der Waals surface area contributed by atoms with Crippen LogP contribution in [0.2, 0.25) is 0 Å². The molecule has 19 heavy (non-hydrogen) atoms. The summed E-state index contributed by atoms with van der Waals surface area (Å²) in [5.74, 6) is 1.19. The van der Waals surface area contributed by atoms with Crippen LogP contribution in [0.1, 0.15) is 18.9 Å². The highest BCUT2D eigenvalue weighted by molar-refractivity contribution is 5.80. The molecule has 0 spiro atoms. The number of ether oxygens (including phenoxy) is 1. The Hall–Kier alpha value is -1.55. The highest BCUT2D eigenvalue weighted by Crippen LogP contribution is 2.26. The van der Waals surface area contributed by atoms with Crippen molar-refractivity contribution in [3.05, 3.63) is 29.8 Å². The van der Waals surface area contributed by atoms with Gasteiger partial charge in [0.25, 0.3) is 0 Å². The molecule has 0 bridgehead atoms. The predicted octanol–water partition coefficient (Wildman–Crippen LogP) is 1.43. The number of hydrogen-bond acceptors (Lipinski definition) is 3. The SMILES string of the molecule is CCN1C[C@@H](Cc2ccc(OC)cc2)C[C@H]1C(N)=O. The molecule has 1 aliphatic heterocycles. The summed E-state index contributed by atoms with van der Waals surface area (Å²) in [7, 11) is 1.67. The quantitative estimate of drug-likeness (QED) is 0.873. The van der Waals surface area contributed by atoms with Gasteiger partial charge in [-0.05, 0) is 43.0 Å². The van der Waals surface area contributed by atoms with Crippen molar-refractivity contribution in [2.45, 2.75) is 25.8 Å². The van der Waals surface area contributed by atoms with Gasteiger partial charge in [0.1, 0.15) is 5.75 Å². The molecule has 0 aliphatic carbocycles. The molecule has 1 aliphatic rings. The second kappa shape index (κ2) is 6.06. The van der Waals surface area contributed by atoms with Crippen LogP contribution in [0, 0.1) is 5.92 Å². The average molecular weight is 262 g/mol. The van der Waals surface area contributed by atoms with E-state index in [2.05, 4.69) is 24.0 Å². The summed E-state index contributed by atoms with van der Waals surface area (Å²) in [4.78, 5) is 13.6. The van der Waals surface area contributed by atoms with Gasteiger partial charge < -0.3 is 10.5 Å². The van der Waals surface area contributed by atoms with Gasteiger partial charge in [0.05, 0.1) is 13.2 Å². The molecular formula is C15H22N2O2. The molecule has 104 valence electrons. The first-order chi connectivity index (χ1) is 9.13. The van der Waals surface area contributed by atoms with Gasteiger partial charge in [-0.25, -0.2) is 0 Å². The minimum absolute atomic E-state index is 0.0896. The summed E-state index contributed by atoms with van der Waals surface area (Å²) in [5, 5.41) is 0. The smallest absolute Gasteiger partial charge is 0.234 e. The lowest BCUT2D eigenvalue weighted by Gasteiger charge is -2.18. The number of hydrogen-bond donors (Lipinski definition) is 1. The van der Waals surface area contributed by atoms with Crippen LogP contribution in [0.5, 0.6) is 5.75 Å². The lowest BCUT2D eigenvalue weighted by molar-refractivity contribution is -0.122. The second-order valence-corrected chi connectivity index (χ2v) is 5.16. The molecule has 1 amide bonds. The Morgan fingerprint density at radius 1 is 1.42 bits per heavy atom. The first kappa shape index (κ1) is 13.9. The number of methoxy groups -OCH3 is 1. The fraction of sp³-hybridized carbons (Fsp3) is 0.533. The molecular weight excluding hydrogens is 240 g/mol. The highest BCUT2D eigenvalue weighted by Gasteiger charge is 2.34. The third-order valence-corrected chi connectivity index (χ3v) is 3.91. The van der Waals surface area contributed by atoms with E-state index in [1.165, 1.54) is 5.56 Å². The fourth-order valence-corrected chi connectivity index (χ4v) is 2.89. The van der Waals surface area contributed by atoms with Crippen molar-refractivity contribution in [3.8, 4) is 5.75 Å². The van der Waals surface area contributed by atoms with E-state index in [4.69, 9.17) is 10.5 Å². The minimum atomic E-state index is -0.195. The number of nitrogens with two attached hydrogens (primary N) is 1. The van der Waals surface area contributed by atoms with E-state index in [0.717, 1.165) is 31.7 Å². The molecule has 0 saturated carbocycles. The van der Waals surface area contributed by atoms with Crippen molar-refractivity contribution >= 4 is 5.91 Å². The van der Waals surface area contributed by atoms with E-state index in [1.54, 1.807) is 7.11 Å². The van der Waals surface area contributed by atoms with E-state index in [9.17, 15) is 4.79 Å². The molecule has 1 aromatic rings. The zero-order valence-electron chi connectivity index (χ0n) is 11.6. The van der Waals surface area contributed by atoms with E-state index in [1.807, 2.05) is 12.1 Å². The van der Waals surface area contributed by atoms with Gasteiger partial charge in [-0.15, -0.1) is 0 Å². The van der Waals surface area contributed by atoms with Crippen molar-refractivity contribution < 1.29 is 9.53 Å². The van der Waals surface area contributed by atoms with Gasteiger partial charge in [-0.3, -0.25) is 9.69 Å². The van der Waals surface area contributed by atoms with Gasteiger partial charge in [-0.2, -0.15) is 0 Å². The van der Waals surface area contributed by atoms with Crippen LogP contribution >= 0.6 is 0 Å². The Kier molecular flexibility index (Phi) is 4.43. The number of rotatable bonds is 5. The molecule has 1 fully saturated rings. The maximum atomic E-state index is 11.4. The lowest BCUT2D eigenvalue weighted by Crippen LogP contribution is -2.39. The van der Waals surface area contributed by atoms with E-state index >= 15 is 0 Å². The van der Waals surface area contributed by atoms with Crippen LogP contribution in [0.4, 0.5) is 0 Å². The van der Waals surface area contributed by atoms with Crippen LogP contribution < -0.4 is 10.5 Å². The Bertz CT molecular complexity index is 430. The third kappa shape index (κ3) is 3.26. The number of likely N-dealkylation sites (N-methyl/N-ethyl adjacent to an activating group) is 1. The first-order valence-corrected chi connectivity index (χ1v) is 6.80. The summed E-state index contributed by atoms with van der Waals surface area (Å²) >= 11 is 0. The van der Waals surface area contributed by atoms with Crippen LogP contribution in [0.25, 0.3) is 0 Å². The van der Waals surface area contributed by atoms with E-state index < -0.39 is 0 Å². The Morgan fingerprint density at radius 2 is 2.11 bits per heavy atom. The molecule has 1 saturated heterocycles. The maximum Gasteiger partial charge on any atom is 0.234 e. The van der Waals surface area contributed by atoms with E-state index in [-0.39, 0.29) is 11.9 Å². The van der Waals surface area contributed by atoms with Crippen LogP contribution in [-0.4, -0.2) is 37.0 Å². The maximum absolute atomic E-state index is 11.4. The number of likely N-dealkylation sites (tertiary alicyclic amines) is 1. The molecule has 1 heterocycles. The second-order valence-electron chi connectivity index (χ2n) is 5.16. The lowest BCUT2D eigenvalue weighted by atomic mass is 9.96. The highest BCUT2D eigenvalue weighted by atomic mass is 16.5. The summed E-state index contributed by atoms with van der Waals surface area (Å²) < 4.78 is 5.15. The van der Waals surface area contributed by atoms with Crippen molar-refractivity contribution in [1.82, 2.24) is 4.90 Å². The predicted molar refractivity (Wildman–Crippen MR) is 75.0 cm³/mol. The Morgan fingerprint density at radius 3 is 2.58 bits per heavy atom. The number of carbonyl (C=O) groups excluding carboxylic acids is 1. The summed E-state index contributed by atoms with van der Waals surface area (Å²) in [5.41, 5.74) is 6.74. The standard InChI is InChI=1S/C15H22N2O2/c1-3-17-10-12(9-14(17)15(16)18)8-11-4-6-13(19-2)7-5-11/h4-7,12,14H,3,8-10H2,1-2H3,(H2,16,18)/t12-,14-/m0/s1. The van der Waals surface area contributed by atoms with Crippen LogP contribution in [0.3, 0.4) is 0 Å². The van der Waals surface area contributed by atoms with Crippen molar-refractivity contribution in [2.75, 3.05) is 20.2 Å². The molecule has 0 radical (unpaired) electrons. The molecule has 4 nitrogen and oxygen atoms in total. The van der Waals surface area contributed by atoms with Gasteiger partial charge in [0.2, 0.25) is 5.91 Å². The Balaban J connectivity index is 1.98. The minimum Gasteiger partial charge on any atom is -0.497 e. The number of carbonyl (C=O) groups is 1. The number of primary amides is 1. The molecule has 1 aromatic carbocycles.